The van der Waals surface area contributed by atoms with E-state index in [1.54, 1.807) is 6.20 Å². The molecule has 2 aromatic heterocycles. The van der Waals surface area contributed by atoms with E-state index in [2.05, 4.69) is 25.5 Å². The normalized spacial score (nSPS) is 21.7. The van der Waals surface area contributed by atoms with Crippen LogP contribution >= 0.6 is 0 Å². The zero-order chi connectivity index (χ0) is 14.8. The fourth-order valence-corrected chi connectivity index (χ4v) is 3.20. The number of aromatic nitrogens is 3. The van der Waals surface area contributed by atoms with Crippen molar-refractivity contribution < 1.29 is 4.74 Å². The number of rotatable bonds is 6. The highest BCUT2D eigenvalue weighted by atomic mass is 16.5. The first kappa shape index (κ1) is 13.9. The highest BCUT2D eigenvalue weighted by Gasteiger charge is 2.30. The summed E-state index contributed by atoms with van der Waals surface area (Å²) in [6.07, 6.45) is 10.4. The van der Waals surface area contributed by atoms with Crippen molar-refractivity contribution in [3.63, 3.8) is 0 Å². The van der Waals surface area contributed by atoms with Crippen LogP contribution in [0.4, 0.5) is 0 Å². The molecule has 5 heteroatoms. The average molecular weight is 298 g/mol. The van der Waals surface area contributed by atoms with Gasteiger partial charge in [0.2, 0.25) is 0 Å². The van der Waals surface area contributed by atoms with Gasteiger partial charge in [0.25, 0.3) is 0 Å². The van der Waals surface area contributed by atoms with Crippen LogP contribution in [0.2, 0.25) is 0 Å². The fraction of sp³-hybridized carbons (Fsp3) is 0.529. The summed E-state index contributed by atoms with van der Waals surface area (Å²) in [6.45, 7) is 4.66. The van der Waals surface area contributed by atoms with Crippen LogP contribution in [-0.4, -0.2) is 39.1 Å². The molecule has 1 aliphatic carbocycles. The summed E-state index contributed by atoms with van der Waals surface area (Å²) in [5.74, 6) is 0.923. The molecule has 1 unspecified atom stereocenters. The topological polar surface area (TPSA) is 43.2 Å². The maximum Gasteiger partial charge on any atom is 0.0952 e. The van der Waals surface area contributed by atoms with Crippen molar-refractivity contribution in [2.45, 2.75) is 32.0 Å². The Bertz CT molecular complexity index is 608. The van der Waals surface area contributed by atoms with Gasteiger partial charge in [0.1, 0.15) is 0 Å². The third-order valence-electron chi connectivity index (χ3n) is 4.51. The van der Waals surface area contributed by atoms with Gasteiger partial charge in [0, 0.05) is 38.2 Å². The van der Waals surface area contributed by atoms with Crippen LogP contribution in [-0.2, 0) is 17.9 Å². The number of nitrogens with zero attached hydrogens (tertiary/aromatic N) is 4. The molecule has 1 atom stereocenters. The van der Waals surface area contributed by atoms with Gasteiger partial charge in [0.05, 0.1) is 31.3 Å². The molecule has 0 spiro atoms. The van der Waals surface area contributed by atoms with Gasteiger partial charge >= 0.3 is 0 Å². The Morgan fingerprint density at radius 2 is 2.18 bits per heavy atom. The van der Waals surface area contributed by atoms with Crippen molar-refractivity contribution in [1.29, 1.82) is 0 Å². The average Bonchev–Trinajstić information content (AvgIpc) is 3.22. The van der Waals surface area contributed by atoms with Gasteiger partial charge in [-0.1, -0.05) is 6.07 Å². The van der Waals surface area contributed by atoms with E-state index in [4.69, 9.17) is 4.74 Å². The first-order chi connectivity index (χ1) is 10.9. The summed E-state index contributed by atoms with van der Waals surface area (Å²) in [5, 5.41) is 0. The van der Waals surface area contributed by atoms with E-state index in [1.165, 1.54) is 25.1 Å². The maximum absolute atomic E-state index is 5.94. The van der Waals surface area contributed by atoms with Crippen LogP contribution in [0.15, 0.2) is 37.1 Å². The molecule has 22 heavy (non-hydrogen) atoms. The summed E-state index contributed by atoms with van der Waals surface area (Å²) in [4.78, 5) is 11.0. The summed E-state index contributed by atoms with van der Waals surface area (Å²) < 4.78 is 8.22. The minimum absolute atomic E-state index is 0.363. The van der Waals surface area contributed by atoms with Gasteiger partial charge in [0.15, 0.2) is 0 Å². The van der Waals surface area contributed by atoms with Crippen molar-refractivity contribution in [3.05, 3.63) is 48.3 Å². The molecule has 0 N–H and O–H groups in total. The molecule has 116 valence electrons. The molecule has 5 nitrogen and oxygen atoms in total. The van der Waals surface area contributed by atoms with E-state index < -0.39 is 0 Å². The van der Waals surface area contributed by atoms with E-state index in [-0.39, 0.29) is 0 Å². The summed E-state index contributed by atoms with van der Waals surface area (Å²) in [6, 6.07) is 4.36. The lowest BCUT2D eigenvalue weighted by atomic mass is 10.2. The third kappa shape index (κ3) is 3.20. The van der Waals surface area contributed by atoms with Crippen molar-refractivity contribution in [2.75, 3.05) is 19.7 Å². The Balaban J connectivity index is 1.37. The smallest absolute Gasteiger partial charge is 0.0952 e. The second kappa shape index (κ2) is 6.18. The SMILES string of the molecule is c1cncc(COCC2CN(CC3CC3)Cc3cncn32)c1. The predicted molar refractivity (Wildman–Crippen MR) is 83.2 cm³/mol. The maximum atomic E-state index is 5.94. The molecule has 2 aromatic rings. The largest absolute Gasteiger partial charge is 0.375 e. The molecule has 3 heterocycles. The lowest BCUT2D eigenvalue weighted by Crippen LogP contribution is -2.39. The number of pyridine rings is 1. The quantitative estimate of drug-likeness (QED) is 0.820. The first-order valence-electron chi connectivity index (χ1n) is 8.08. The van der Waals surface area contributed by atoms with E-state index >= 15 is 0 Å². The summed E-state index contributed by atoms with van der Waals surface area (Å²) in [5.41, 5.74) is 2.43. The number of imidazole rings is 1. The molecule has 1 aliphatic heterocycles. The predicted octanol–water partition coefficient (Wildman–Crippen LogP) is 2.26. The minimum Gasteiger partial charge on any atom is -0.375 e. The lowest BCUT2D eigenvalue weighted by Gasteiger charge is -2.34. The van der Waals surface area contributed by atoms with E-state index in [0.29, 0.717) is 12.6 Å². The van der Waals surface area contributed by atoms with Gasteiger partial charge < -0.3 is 9.30 Å². The number of hydrogen-bond donors (Lipinski definition) is 0. The number of hydrogen-bond acceptors (Lipinski definition) is 4. The first-order valence-corrected chi connectivity index (χ1v) is 8.08. The Morgan fingerprint density at radius 1 is 1.23 bits per heavy atom. The molecule has 0 saturated heterocycles. The van der Waals surface area contributed by atoms with Crippen LogP contribution in [0.5, 0.6) is 0 Å². The van der Waals surface area contributed by atoms with Gasteiger partial charge in [-0.05, 0) is 30.4 Å². The minimum atomic E-state index is 0.363. The zero-order valence-corrected chi connectivity index (χ0v) is 12.8. The molecular weight excluding hydrogens is 276 g/mol. The molecule has 2 aliphatic rings. The van der Waals surface area contributed by atoms with Crippen molar-refractivity contribution >= 4 is 0 Å². The van der Waals surface area contributed by atoms with E-state index in [9.17, 15) is 0 Å². The Kier molecular flexibility index (Phi) is 3.91. The molecule has 4 rings (SSSR count). The van der Waals surface area contributed by atoms with Crippen LogP contribution in [0, 0.1) is 5.92 Å². The lowest BCUT2D eigenvalue weighted by molar-refractivity contribution is 0.0594. The van der Waals surface area contributed by atoms with Crippen molar-refractivity contribution in [1.82, 2.24) is 19.4 Å². The van der Waals surface area contributed by atoms with Gasteiger partial charge in [-0.2, -0.15) is 0 Å². The summed E-state index contributed by atoms with van der Waals surface area (Å²) >= 11 is 0. The van der Waals surface area contributed by atoms with Gasteiger partial charge in [-0.15, -0.1) is 0 Å². The number of fused-ring (bicyclic) bond motifs is 1. The zero-order valence-electron chi connectivity index (χ0n) is 12.8. The molecule has 0 aromatic carbocycles. The second-order valence-electron chi connectivity index (χ2n) is 6.46. The second-order valence-corrected chi connectivity index (χ2v) is 6.46. The van der Waals surface area contributed by atoms with E-state index in [1.807, 2.05) is 24.8 Å². The highest BCUT2D eigenvalue weighted by molar-refractivity contribution is 5.07. The van der Waals surface area contributed by atoms with Crippen molar-refractivity contribution in [2.24, 2.45) is 5.92 Å². The fourth-order valence-electron chi connectivity index (χ4n) is 3.20. The third-order valence-corrected chi connectivity index (χ3v) is 4.51. The van der Waals surface area contributed by atoms with Crippen LogP contribution in [0.25, 0.3) is 0 Å². The molecular formula is C17H22N4O. The molecule has 1 saturated carbocycles. The van der Waals surface area contributed by atoms with Crippen LogP contribution < -0.4 is 0 Å². The Hall–Kier alpha value is -1.72. The molecule has 0 bridgehead atoms. The molecule has 1 fully saturated rings. The standard InChI is InChI=1S/C17H22N4O/c1-2-15(6-18-5-1)11-22-12-17-10-20(8-14-3-4-14)9-16-7-19-13-21(16)17/h1-2,5-7,13-14,17H,3-4,8-12H2. The van der Waals surface area contributed by atoms with Gasteiger partial charge in [-0.3, -0.25) is 9.88 Å². The molecule has 0 amide bonds. The van der Waals surface area contributed by atoms with Gasteiger partial charge in [-0.25, -0.2) is 4.98 Å². The highest BCUT2D eigenvalue weighted by Crippen LogP contribution is 2.32. The number of ether oxygens (including phenoxy) is 1. The Labute approximate surface area is 130 Å². The van der Waals surface area contributed by atoms with Crippen LogP contribution in [0.1, 0.15) is 30.1 Å². The van der Waals surface area contributed by atoms with Crippen LogP contribution in [0.3, 0.4) is 0 Å². The monoisotopic (exact) mass is 298 g/mol. The Morgan fingerprint density at radius 3 is 3.00 bits per heavy atom. The van der Waals surface area contributed by atoms with E-state index in [0.717, 1.165) is 31.2 Å². The van der Waals surface area contributed by atoms with Crippen molar-refractivity contribution in [3.8, 4) is 0 Å². The molecule has 0 radical (unpaired) electrons. The summed E-state index contributed by atoms with van der Waals surface area (Å²) in [7, 11) is 0.